The molecule has 0 N–H and O–H groups in total. The Morgan fingerprint density at radius 2 is 1.84 bits per heavy atom. The minimum Gasteiger partial charge on any atom is -0.456 e. The summed E-state index contributed by atoms with van der Waals surface area (Å²) in [6, 6.07) is 7.35. The highest BCUT2D eigenvalue weighted by molar-refractivity contribution is 6.30. The number of ether oxygens (including phenoxy) is 2. The molecule has 2 atom stereocenters. The van der Waals surface area contributed by atoms with Crippen LogP contribution in [0.25, 0.3) is 0 Å². The number of halogens is 1. The highest BCUT2D eigenvalue weighted by atomic mass is 35.5. The Kier molecular flexibility index (Phi) is 3.73. The van der Waals surface area contributed by atoms with Crippen LogP contribution in [-0.4, -0.2) is 43.2 Å². The summed E-state index contributed by atoms with van der Waals surface area (Å²) in [5.41, 5.74) is 1.01. The molecular formula is C14H16ClNO3. The SMILES string of the molecule is O=C1OC(c2ccc(Cl)cc2)CC1N1CCOCC1. The van der Waals surface area contributed by atoms with Gasteiger partial charge in [-0.15, -0.1) is 0 Å². The fourth-order valence-electron chi connectivity index (χ4n) is 2.63. The Balaban J connectivity index is 1.70. The summed E-state index contributed by atoms with van der Waals surface area (Å²) < 4.78 is 10.8. The lowest BCUT2D eigenvalue weighted by atomic mass is 10.0. The van der Waals surface area contributed by atoms with E-state index in [9.17, 15) is 4.79 Å². The first-order valence-electron chi connectivity index (χ1n) is 6.52. The first kappa shape index (κ1) is 12.9. The predicted molar refractivity (Wildman–Crippen MR) is 71.1 cm³/mol. The van der Waals surface area contributed by atoms with Crippen LogP contribution >= 0.6 is 11.6 Å². The normalized spacial score (nSPS) is 28.4. The van der Waals surface area contributed by atoms with Crippen molar-refractivity contribution in [3.05, 3.63) is 34.9 Å². The van der Waals surface area contributed by atoms with Crippen LogP contribution in [-0.2, 0) is 14.3 Å². The Labute approximate surface area is 117 Å². The molecule has 0 spiro atoms. The molecule has 0 saturated carbocycles. The summed E-state index contributed by atoms with van der Waals surface area (Å²) in [5.74, 6) is -0.123. The number of carbonyl (C=O) groups is 1. The monoisotopic (exact) mass is 281 g/mol. The third-order valence-electron chi connectivity index (χ3n) is 3.70. The van der Waals surface area contributed by atoms with Crippen molar-refractivity contribution < 1.29 is 14.3 Å². The predicted octanol–water partition coefficient (Wildman–Crippen LogP) is 2.03. The van der Waals surface area contributed by atoms with Gasteiger partial charge in [-0.25, -0.2) is 0 Å². The number of hydrogen-bond donors (Lipinski definition) is 0. The lowest BCUT2D eigenvalue weighted by Crippen LogP contribution is -2.45. The summed E-state index contributed by atoms with van der Waals surface area (Å²) in [5, 5.41) is 0.692. The number of hydrogen-bond acceptors (Lipinski definition) is 4. The average molecular weight is 282 g/mol. The van der Waals surface area contributed by atoms with Crippen LogP contribution in [0.5, 0.6) is 0 Å². The van der Waals surface area contributed by atoms with Crippen LogP contribution in [0.3, 0.4) is 0 Å². The van der Waals surface area contributed by atoms with E-state index in [0.29, 0.717) is 24.7 Å². The van der Waals surface area contributed by atoms with Gasteiger partial charge < -0.3 is 9.47 Å². The Morgan fingerprint density at radius 1 is 1.16 bits per heavy atom. The number of benzene rings is 1. The lowest BCUT2D eigenvalue weighted by Gasteiger charge is -2.29. The van der Waals surface area contributed by atoms with E-state index in [0.717, 1.165) is 18.7 Å². The quantitative estimate of drug-likeness (QED) is 0.778. The van der Waals surface area contributed by atoms with Gasteiger partial charge in [0.25, 0.3) is 0 Å². The Morgan fingerprint density at radius 3 is 2.53 bits per heavy atom. The van der Waals surface area contributed by atoms with E-state index in [-0.39, 0.29) is 18.1 Å². The summed E-state index contributed by atoms with van der Waals surface area (Å²) in [6.45, 7) is 2.98. The molecule has 1 aromatic rings. The second-order valence-electron chi connectivity index (χ2n) is 4.88. The van der Waals surface area contributed by atoms with Crippen LogP contribution in [0, 0.1) is 0 Å². The van der Waals surface area contributed by atoms with Crippen LogP contribution in [0.15, 0.2) is 24.3 Å². The second-order valence-corrected chi connectivity index (χ2v) is 5.31. The average Bonchev–Trinajstić information content (AvgIpc) is 2.83. The molecule has 2 heterocycles. The Bertz CT molecular complexity index is 456. The molecule has 3 rings (SSSR count). The van der Waals surface area contributed by atoms with Crippen molar-refractivity contribution in [2.45, 2.75) is 18.6 Å². The standard InChI is InChI=1S/C14H16ClNO3/c15-11-3-1-10(2-4-11)13-9-12(14(17)19-13)16-5-7-18-8-6-16/h1-4,12-13H,5-9H2. The maximum Gasteiger partial charge on any atom is 0.324 e. The van der Waals surface area contributed by atoms with E-state index in [1.807, 2.05) is 24.3 Å². The van der Waals surface area contributed by atoms with Crippen LogP contribution in [0.2, 0.25) is 5.02 Å². The van der Waals surface area contributed by atoms with Crippen molar-refractivity contribution in [1.82, 2.24) is 4.90 Å². The van der Waals surface area contributed by atoms with Gasteiger partial charge in [-0.1, -0.05) is 23.7 Å². The molecule has 2 fully saturated rings. The van der Waals surface area contributed by atoms with E-state index in [4.69, 9.17) is 21.1 Å². The van der Waals surface area contributed by atoms with Crippen molar-refractivity contribution in [3.63, 3.8) is 0 Å². The van der Waals surface area contributed by atoms with Crippen molar-refractivity contribution >= 4 is 17.6 Å². The van der Waals surface area contributed by atoms with E-state index >= 15 is 0 Å². The van der Waals surface area contributed by atoms with Crippen molar-refractivity contribution in [2.24, 2.45) is 0 Å². The summed E-state index contributed by atoms with van der Waals surface area (Å²) >= 11 is 5.87. The van der Waals surface area contributed by atoms with Crippen LogP contribution in [0.4, 0.5) is 0 Å². The van der Waals surface area contributed by atoms with E-state index < -0.39 is 0 Å². The largest absolute Gasteiger partial charge is 0.456 e. The smallest absolute Gasteiger partial charge is 0.324 e. The lowest BCUT2D eigenvalue weighted by molar-refractivity contribution is -0.146. The third-order valence-corrected chi connectivity index (χ3v) is 3.95. The molecule has 0 amide bonds. The van der Waals surface area contributed by atoms with Gasteiger partial charge in [0, 0.05) is 24.5 Å². The molecule has 0 bridgehead atoms. The highest BCUT2D eigenvalue weighted by Gasteiger charge is 2.39. The van der Waals surface area contributed by atoms with Crippen molar-refractivity contribution in [2.75, 3.05) is 26.3 Å². The van der Waals surface area contributed by atoms with Gasteiger partial charge >= 0.3 is 5.97 Å². The minimum absolute atomic E-state index is 0.123. The molecule has 19 heavy (non-hydrogen) atoms. The summed E-state index contributed by atoms with van der Waals surface area (Å²) in [7, 11) is 0. The fourth-order valence-corrected chi connectivity index (χ4v) is 2.76. The van der Waals surface area contributed by atoms with Gasteiger partial charge in [-0.2, -0.15) is 0 Å². The number of nitrogens with zero attached hydrogens (tertiary/aromatic N) is 1. The van der Waals surface area contributed by atoms with E-state index in [2.05, 4.69) is 4.90 Å². The van der Waals surface area contributed by atoms with Gasteiger partial charge in [0.15, 0.2) is 0 Å². The van der Waals surface area contributed by atoms with Crippen molar-refractivity contribution in [3.8, 4) is 0 Å². The molecule has 2 unspecified atom stereocenters. The molecule has 102 valence electrons. The number of morpholine rings is 1. The van der Waals surface area contributed by atoms with Gasteiger partial charge in [0.05, 0.1) is 13.2 Å². The molecule has 0 aromatic heterocycles. The third kappa shape index (κ3) is 2.76. The van der Waals surface area contributed by atoms with Crippen LogP contribution < -0.4 is 0 Å². The first-order chi connectivity index (χ1) is 9.24. The highest BCUT2D eigenvalue weighted by Crippen LogP contribution is 2.33. The molecular weight excluding hydrogens is 266 g/mol. The molecule has 4 nitrogen and oxygen atoms in total. The van der Waals surface area contributed by atoms with Gasteiger partial charge in [0.2, 0.25) is 0 Å². The number of cyclic esters (lactones) is 1. The molecule has 1 aromatic carbocycles. The van der Waals surface area contributed by atoms with Gasteiger partial charge in [-0.05, 0) is 17.7 Å². The maximum atomic E-state index is 12.0. The topological polar surface area (TPSA) is 38.8 Å². The molecule has 0 radical (unpaired) electrons. The Hall–Kier alpha value is -1.10. The zero-order chi connectivity index (χ0) is 13.2. The minimum atomic E-state index is -0.155. The second kappa shape index (κ2) is 5.49. The number of rotatable bonds is 2. The van der Waals surface area contributed by atoms with Crippen LogP contribution in [0.1, 0.15) is 18.1 Å². The first-order valence-corrected chi connectivity index (χ1v) is 6.89. The van der Waals surface area contributed by atoms with Gasteiger partial charge in [-0.3, -0.25) is 9.69 Å². The molecule has 2 aliphatic rings. The summed E-state index contributed by atoms with van der Waals surface area (Å²) in [6.07, 6.45) is 0.554. The number of esters is 1. The maximum absolute atomic E-state index is 12.0. The summed E-state index contributed by atoms with van der Waals surface area (Å²) in [4.78, 5) is 14.1. The molecule has 2 saturated heterocycles. The zero-order valence-electron chi connectivity index (χ0n) is 10.5. The molecule has 0 aliphatic carbocycles. The molecule has 5 heteroatoms. The van der Waals surface area contributed by atoms with E-state index in [1.165, 1.54) is 0 Å². The zero-order valence-corrected chi connectivity index (χ0v) is 11.3. The number of carbonyl (C=O) groups excluding carboxylic acids is 1. The van der Waals surface area contributed by atoms with Crippen molar-refractivity contribution in [1.29, 1.82) is 0 Å². The van der Waals surface area contributed by atoms with E-state index in [1.54, 1.807) is 0 Å². The molecule has 2 aliphatic heterocycles. The fraction of sp³-hybridized carbons (Fsp3) is 0.500. The van der Waals surface area contributed by atoms with Gasteiger partial charge in [0.1, 0.15) is 12.1 Å².